The Kier molecular flexibility index (Phi) is 3.91. The lowest BCUT2D eigenvalue weighted by Crippen LogP contribution is -2.99. The number of amides is 3. The van der Waals surface area contributed by atoms with Gasteiger partial charge in [0.25, 0.3) is 5.91 Å². The van der Waals surface area contributed by atoms with Crippen molar-refractivity contribution < 1.29 is 24.8 Å². The normalized spacial score (nSPS) is 21.7. The van der Waals surface area contributed by atoms with Crippen molar-refractivity contribution in [1.82, 2.24) is 9.88 Å². The van der Waals surface area contributed by atoms with Crippen LogP contribution in [0.5, 0.6) is 5.75 Å². The van der Waals surface area contributed by atoms with Gasteiger partial charge in [0.2, 0.25) is 0 Å². The largest absolute Gasteiger partial charge is 0.595 e. The molecule has 9 nitrogen and oxygen atoms in total. The number of H-pyrrole nitrogens is 1. The number of benzene rings is 2. The van der Waals surface area contributed by atoms with Gasteiger partial charge in [0, 0.05) is 29.6 Å². The van der Waals surface area contributed by atoms with Crippen LogP contribution in [0.25, 0.3) is 10.9 Å². The molecule has 30 heavy (non-hydrogen) atoms. The summed E-state index contributed by atoms with van der Waals surface area (Å²) in [4.78, 5) is 32.8. The molecule has 2 unspecified atom stereocenters. The first-order valence-corrected chi connectivity index (χ1v) is 9.55. The molecule has 1 saturated heterocycles. The highest BCUT2D eigenvalue weighted by Gasteiger charge is 2.59. The summed E-state index contributed by atoms with van der Waals surface area (Å²) in [5.41, 5.74) is 1.88. The molecule has 2 aliphatic heterocycles. The number of nitrogens with zero attached hydrogens (tertiary/aromatic N) is 2. The van der Waals surface area contributed by atoms with Crippen molar-refractivity contribution in [3.8, 4) is 5.75 Å². The number of carbonyl (C=O) groups excluding carboxylic acids is 2. The first kappa shape index (κ1) is 18.6. The molecule has 2 aliphatic rings. The zero-order chi connectivity index (χ0) is 21.2. The fourth-order valence-corrected chi connectivity index (χ4v) is 4.53. The van der Waals surface area contributed by atoms with Gasteiger partial charge in [-0.15, -0.1) is 0 Å². The van der Waals surface area contributed by atoms with E-state index < -0.39 is 16.8 Å². The number of carbonyl (C=O) groups is 2. The Balaban J connectivity index is 1.62. The Morgan fingerprint density at radius 1 is 1.20 bits per heavy atom. The third-order valence-electron chi connectivity index (χ3n) is 6.14. The average molecular weight is 408 g/mol. The standard InChI is InChI=1S/C21H20N4O5/c1-21-18-15(16-11-14(30-2)7-8-17(16)22-18)9-10-23(21)20(27)24(19(21)26)12-3-5-13(6-4-12)25(28)29/h3-8,11,22,25,28H,9-10H2,1-2H3. The molecule has 0 radical (unpaired) electrons. The third-order valence-corrected chi connectivity index (χ3v) is 6.14. The highest BCUT2D eigenvalue weighted by Crippen LogP contribution is 2.45. The maximum Gasteiger partial charge on any atom is 0.332 e. The van der Waals surface area contributed by atoms with Crippen LogP contribution in [0.3, 0.4) is 0 Å². The molecule has 5 rings (SSSR count). The Labute approximate surface area is 171 Å². The van der Waals surface area contributed by atoms with Crippen LogP contribution in [0.4, 0.5) is 16.2 Å². The molecule has 3 aromatic rings. The van der Waals surface area contributed by atoms with Gasteiger partial charge >= 0.3 is 6.03 Å². The van der Waals surface area contributed by atoms with Crippen molar-refractivity contribution in [2.45, 2.75) is 18.9 Å². The second-order valence-electron chi connectivity index (χ2n) is 7.64. The number of quaternary nitrogens is 1. The summed E-state index contributed by atoms with van der Waals surface area (Å²) in [5.74, 6) is 0.362. The highest BCUT2D eigenvalue weighted by atomic mass is 16.8. The average Bonchev–Trinajstić information content (AvgIpc) is 3.21. The van der Waals surface area contributed by atoms with E-state index in [0.29, 0.717) is 24.3 Å². The number of urea groups is 1. The van der Waals surface area contributed by atoms with Crippen molar-refractivity contribution in [2.24, 2.45) is 0 Å². The number of anilines is 1. The van der Waals surface area contributed by atoms with Crippen molar-refractivity contribution in [3.05, 3.63) is 58.9 Å². The SMILES string of the molecule is COc1ccc2[nH]c3c(c2c1)CCN1C(=O)N(c2ccc([NH+]([O-])O)cc2)C(=O)C31C. The number of hydrogen-bond donors (Lipinski definition) is 3. The van der Waals surface area contributed by atoms with Gasteiger partial charge in [-0.2, -0.15) is 5.23 Å². The van der Waals surface area contributed by atoms with E-state index in [1.165, 1.54) is 24.3 Å². The van der Waals surface area contributed by atoms with Crippen LogP contribution in [-0.4, -0.2) is 40.7 Å². The van der Waals surface area contributed by atoms with Crippen LogP contribution in [0.2, 0.25) is 0 Å². The summed E-state index contributed by atoms with van der Waals surface area (Å²) in [5, 5.41) is 20.1. The highest BCUT2D eigenvalue weighted by molar-refractivity contribution is 6.23. The number of nitrogens with one attached hydrogen (secondary N) is 2. The quantitative estimate of drug-likeness (QED) is 0.452. The Hall–Kier alpha value is -3.40. The van der Waals surface area contributed by atoms with Gasteiger partial charge in [-0.25, -0.2) is 14.9 Å². The van der Waals surface area contributed by atoms with E-state index in [-0.39, 0.29) is 11.6 Å². The first-order chi connectivity index (χ1) is 14.4. The number of aromatic amines is 1. The maximum absolute atomic E-state index is 13.6. The van der Waals surface area contributed by atoms with Gasteiger partial charge in [-0.3, -0.25) is 4.79 Å². The fourth-order valence-electron chi connectivity index (χ4n) is 4.53. The smallest absolute Gasteiger partial charge is 0.332 e. The number of aromatic nitrogens is 1. The summed E-state index contributed by atoms with van der Waals surface area (Å²) >= 11 is 0. The molecule has 1 aromatic heterocycles. The number of hydrogen-bond acceptors (Lipinski definition) is 5. The molecule has 9 heteroatoms. The van der Waals surface area contributed by atoms with E-state index in [1.807, 2.05) is 18.2 Å². The minimum Gasteiger partial charge on any atom is -0.595 e. The Morgan fingerprint density at radius 3 is 2.60 bits per heavy atom. The molecule has 0 saturated carbocycles. The molecule has 3 heterocycles. The molecule has 1 fully saturated rings. The lowest BCUT2D eigenvalue weighted by atomic mass is 9.87. The monoisotopic (exact) mass is 408 g/mol. The van der Waals surface area contributed by atoms with Crippen LogP contribution in [0.15, 0.2) is 42.5 Å². The van der Waals surface area contributed by atoms with E-state index in [2.05, 4.69) is 4.98 Å². The topological polar surface area (TPSA) is 113 Å². The van der Waals surface area contributed by atoms with Crippen LogP contribution in [-0.2, 0) is 16.8 Å². The van der Waals surface area contributed by atoms with Gasteiger partial charge in [-0.05, 0) is 49.2 Å². The Morgan fingerprint density at radius 2 is 1.93 bits per heavy atom. The van der Waals surface area contributed by atoms with E-state index >= 15 is 0 Å². The summed E-state index contributed by atoms with van der Waals surface area (Å²) in [7, 11) is 1.61. The summed E-state index contributed by atoms with van der Waals surface area (Å²) in [6.07, 6.45) is 0.614. The van der Waals surface area contributed by atoms with Gasteiger partial charge in [-0.1, -0.05) is 0 Å². The van der Waals surface area contributed by atoms with E-state index in [1.54, 1.807) is 18.9 Å². The minimum absolute atomic E-state index is 0.0913. The summed E-state index contributed by atoms with van der Waals surface area (Å²) < 4.78 is 5.34. The van der Waals surface area contributed by atoms with Crippen LogP contribution in [0, 0.1) is 5.21 Å². The molecule has 2 atom stereocenters. The zero-order valence-electron chi connectivity index (χ0n) is 16.4. The van der Waals surface area contributed by atoms with E-state index in [4.69, 9.17) is 9.94 Å². The van der Waals surface area contributed by atoms with Crippen molar-refractivity contribution >= 4 is 34.2 Å². The molecule has 0 aliphatic carbocycles. The predicted molar refractivity (Wildman–Crippen MR) is 108 cm³/mol. The third kappa shape index (κ3) is 2.34. The summed E-state index contributed by atoms with van der Waals surface area (Å²) in [6, 6.07) is 11.0. The lowest BCUT2D eigenvalue weighted by molar-refractivity contribution is -0.991. The number of methoxy groups -OCH3 is 1. The second kappa shape index (κ2) is 6.30. The Bertz CT molecular complexity index is 1190. The van der Waals surface area contributed by atoms with Crippen LogP contribution >= 0.6 is 0 Å². The molecule has 3 amide bonds. The van der Waals surface area contributed by atoms with Gasteiger partial charge in [0.05, 0.1) is 18.5 Å². The number of fused-ring (bicyclic) bond motifs is 5. The van der Waals surface area contributed by atoms with Gasteiger partial charge in [0.15, 0.2) is 11.2 Å². The maximum atomic E-state index is 13.6. The molecule has 0 bridgehead atoms. The molecular weight excluding hydrogens is 388 g/mol. The van der Waals surface area contributed by atoms with Gasteiger partial charge < -0.3 is 19.8 Å². The molecule has 0 spiro atoms. The van der Waals surface area contributed by atoms with Crippen molar-refractivity contribution in [1.29, 1.82) is 0 Å². The van der Waals surface area contributed by atoms with Gasteiger partial charge in [0.1, 0.15) is 5.75 Å². The lowest BCUT2D eigenvalue weighted by Gasteiger charge is -2.35. The number of rotatable bonds is 3. The minimum atomic E-state index is -1.16. The van der Waals surface area contributed by atoms with Crippen LogP contribution < -0.4 is 14.9 Å². The molecule has 154 valence electrons. The van der Waals surface area contributed by atoms with E-state index in [0.717, 1.165) is 27.1 Å². The van der Waals surface area contributed by atoms with Crippen molar-refractivity contribution in [3.63, 3.8) is 0 Å². The fraction of sp³-hybridized carbons (Fsp3) is 0.238. The van der Waals surface area contributed by atoms with Crippen molar-refractivity contribution in [2.75, 3.05) is 18.6 Å². The summed E-state index contributed by atoms with van der Waals surface area (Å²) in [6.45, 7) is 2.16. The zero-order valence-corrected chi connectivity index (χ0v) is 16.4. The van der Waals surface area contributed by atoms with Crippen LogP contribution in [0.1, 0.15) is 18.2 Å². The number of imide groups is 1. The number of ether oxygens (including phenoxy) is 1. The second-order valence-corrected chi connectivity index (χ2v) is 7.64. The molecular formula is C21H20N4O5. The van der Waals surface area contributed by atoms with E-state index in [9.17, 15) is 14.8 Å². The molecule has 3 N–H and O–H groups in total. The first-order valence-electron chi connectivity index (χ1n) is 9.55. The predicted octanol–water partition coefficient (Wildman–Crippen LogP) is 1.82. The molecule has 2 aromatic carbocycles.